The van der Waals surface area contributed by atoms with Gasteiger partial charge in [0.05, 0.1) is 0 Å². The summed E-state index contributed by atoms with van der Waals surface area (Å²) >= 11 is 0. The number of halogens is 1. The molecule has 130 valence electrons. The van der Waals surface area contributed by atoms with Gasteiger partial charge in [0.2, 0.25) is 0 Å². The highest BCUT2D eigenvalue weighted by atomic mass is 35.5. The van der Waals surface area contributed by atoms with Gasteiger partial charge in [-0.25, -0.2) is 0 Å². The van der Waals surface area contributed by atoms with Crippen LogP contribution in [0.5, 0.6) is 0 Å². The highest BCUT2D eigenvalue weighted by Gasteiger charge is 2.39. The van der Waals surface area contributed by atoms with Crippen LogP contribution in [0.1, 0.15) is 44.9 Å². The van der Waals surface area contributed by atoms with Gasteiger partial charge in [-0.1, -0.05) is 19.3 Å². The fourth-order valence-electron chi connectivity index (χ4n) is 4.37. The van der Waals surface area contributed by atoms with E-state index in [-0.39, 0.29) is 12.4 Å². The van der Waals surface area contributed by atoms with E-state index >= 15 is 0 Å². The van der Waals surface area contributed by atoms with Gasteiger partial charge in [-0.05, 0) is 50.0 Å². The third-order valence-corrected chi connectivity index (χ3v) is 7.69. The Morgan fingerprint density at radius 1 is 0.864 bits per heavy atom. The minimum atomic E-state index is -3.27. The average Bonchev–Trinajstić information content (AvgIpc) is 2.54. The molecule has 3 fully saturated rings. The van der Waals surface area contributed by atoms with E-state index in [9.17, 15) is 8.42 Å². The number of rotatable bonds is 3. The molecule has 0 aromatic heterocycles. The zero-order valence-corrected chi connectivity index (χ0v) is 15.0. The standard InChI is InChI=1S/C15H29N3O2S.ClH/c16-10-13-4-3-8-17(11-13)21(19,20)18-9-7-14-5-1-2-6-15(14)12-18;/h13-15H,1-12,16H2;1H. The van der Waals surface area contributed by atoms with E-state index in [2.05, 4.69) is 0 Å². The molecule has 0 amide bonds. The van der Waals surface area contributed by atoms with Crippen LogP contribution in [-0.4, -0.2) is 49.8 Å². The van der Waals surface area contributed by atoms with Gasteiger partial charge >= 0.3 is 0 Å². The molecule has 3 atom stereocenters. The van der Waals surface area contributed by atoms with Crippen LogP contribution in [0.3, 0.4) is 0 Å². The summed E-state index contributed by atoms with van der Waals surface area (Å²) in [4.78, 5) is 0. The Labute approximate surface area is 141 Å². The maximum atomic E-state index is 12.9. The molecule has 22 heavy (non-hydrogen) atoms. The van der Waals surface area contributed by atoms with Crippen LogP contribution >= 0.6 is 12.4 Å². The average molecular weight is 352 g/mol. The monoisotopic (exact) mass is 351 g/mol. The number of fused-ring (bicyclic) bond motifs is 1. The number of nitrogens with two attached hydrogens (primary N) is 1. The van der Waals surface area contributed by atoms with E-state index in [1.54, 1.807) is 8.61 Å². The summed E-state index contributed by atoms with van der Waals surface area (Å²) < 4.78 is 29.2. The summed E-state index contributed by atoms with van der Waals surface area (Å²) in [6.45, 7) is 3.34. The maximum absolute atomic E-state index is 12.9. The molecule has 5 nitrogen and oxygen atoms in total. The van der Waals surface area contributed by atoms with Crippen molar-refractivity contribution < 1.29 is 8.42 Å². The maximum Gasteiger partial charge on any atom is 0.281 e. The Morgan fingerprint density at radius 2 is 1.55 bits per heavy atom. The number of nitrogens with zero attached hydrogens (tertiary/aromatic N) is 2. The molecule has 1 aliphatic carbocycles. The van der Waals surface area contributed by atoms with E-state index in [0.29, 0.717) is 38.0 Å². The van der Waals surface area contributed by atoms with Crippen LogP contribution in [0, 0.1) is 17.8 Å². The molecule has 3 rings (SSSR count). The third-order valence-electron chi connectivity index (χ3n) is 5.72. The van der Waals surface area contributed by atoms with E-state index in [1.165, 1.54) is 25.7 Å². The molecule has 1 saturated carbocycles. The van der Waals surface area contributed by atoms with Gasteiger partial charge in [-0.3, -0.25) is 0 Å². The van der Waals surface area contributed by atoms with E-state index in [0.717, 1.165) is 31.7 Å². The minimum Gasteiger partial charge on any atom is -0.330 e. The molecule has 7 heteroatoms. The first-order chi connectivity index (χ1) is 10.1. The Bertz CT molecular complexity index is 460. The fraction of sp³-hybridized carbons (Fsp3) is 1.00. The summed E-state index contributed by atoms with van der Waals surface area (Å²) in [5.41, 5.74) is 5.74. The van der Waals surface area contributed by atoms with Crippen LogP contribution in [0.4, 0.5) is 0 Å². The second-order valence-corrected chi connectivity index (χ2v) is 8.99. The van der Waals surface area contributed by atoms with Crippen molar-refractivity contribution in [2.45, 2.75) is 44.9 Å². The van der Waals surface area contributed by atoms with Crippen molar-refractivity contribution >= 4 is 22.6 Å². The van der Waals surface area contributed by atoms with E-state index in [4.69, 9.17) is 5.73 Å². The molecule has 0 aromatic rings. The van der Waals surface area contributed by atoms with Crippen LogP contribution in [0.2, 0.25) is 0 Å². The Balaban J connectivity index is 0.00000176. The van der Waals surface area contributed by atoms with Crippen molar-refractivity contribution in [1.29, 1.82) is 0 Å². The largest absolute Gasteiger partial charge is 0.330 e. The fourth-order valence-corrected chi connectivity index (χ4v) is 6.17. The smallest absolute Gasteiger partial charge is 0.281 e. The first kappa shape index (κ1) is 18.5. The zero-order valence-electron chi connectivity index (χ0n) is 13.3. The number of hydrogen-bond donors (Lipinski definition) is 1. The highest BCUT2D eigenvalue weighted by molar-refractivity contribution is 7.86. The summed E-state index contributed by atoms with van der Waals surface area (Å²) in [6.07, 6.45) is 8.18. The Kier molecular flexibility index (Phi) is 6.54. The van der Waals surface area contributed by atoms with Crippen molar-refractivity contribution in [3.63, 3.8) is 0 Å². The van der Waals surface area contributed by atoms with Gasteiger partial charge in [-0.2, -0.15) is 17.0 Å². The van der Waals surface area contributed by atoms with Crippen molar-refractivity contribution in [1.82, 2.24) is 8.61 Å². The van der Waals surface area contributed by atoms with Crippen LogP contribution in [0.15, 0.2) is 0 Å². The first-order valence-corrected chi connectivity index (χ1v) is 9.96. The minimum absolute atomic E-state index is 0. The van der Waals surface area contributed by atoms with E-state index < -0.39 is 10.2 Å². The molecule has 2 N–H and O–H groups in total. The summed E-state index contributed by atoms with van der Waals surface area (Å²) in [5, 5.41) is 0. The van der Waals surface area contributed by atoms with Gasteiger partial charge in [0.15, 0.2) is 0 Å². The highest BCUT2D eigenvalue weighted by Crippen LogP contribution is 2.37. The predicted octanol–water partition coefficient (Wildman–Crippen LogP) is 1.84. The first-order valence-electron chi connectivity index (χ1n) is 8.56. The second kappa shape index (κ2) is 7.79. The Morgan fingerprint density at radius 3 is 2.27 bits per heavy atom. The zero-order chi connectivity index (χ0) is 14.9. The van der Waals surface area contributed by atoms with Gasteiger partial charge < -0.3 is 5.73 Å². The molecule has 3 unspecified atom stereocenters. The summed E-state index contributed by atoms with van der Waals surface area (Å²) in [7, 11) is -3.27. The molecule has 0 spiro atoms. The SMILES string of the molecule is Cl.NCC1CCCN(S(=O)(=O)N2CCC3CCCCC3C2)C1. The van der Waals surface area contributed by atoms with Gasteiger partial charge in [0.1, 0.15) is 0 Å². The summed E-state index contributed by atoms with van der Waals surface area (Å²) in [5.74, 6) is 1.70. The molecule has 0 radical (unpaired) electrons. The van der Waals surface area contributed by atoms with Gasteiger partial charge in [-0.15, -0.1) is 12.4 Å². The molecule has 0 aromatic carbocycles. The molecule has 2 heterocycles. The lowest BCUT2D eigenvalue weighted by atomic mass is 9.76. The molecular weight excluding hydrogens is 322 g/mol. The Hall–Kier alpha value is 0.120. The molecule has 2 aliphatic heterocycles. The predicted molar refractivity (Wildman–Crippen MR) is 91.2 cm³/mol. The summed E-state index contributed by atoms with van der Waals surface area (Å²) in [6, 6.07) is 0. The topological polar surface area (TPSA) is 66.6 Å². The van der Waals surface area contributed by atoms with Crippen molar-refractivity contribution in [2.75, 3.05) is 32.7 Å². The normalized spacial score (nSPS) is 34.7. The lowest BCUT2D eigenvalue weighted by molar-refractivity contribution is 0.128. The van der Waals surface area contributed by atoms with Crippen molar-refractivity contribution in [2.24, 2.45) is 23.5 Å². The molecule has 3 aliphatic rings. The number of piperidine rings is 2. The lowest BCUT2D eigenvalue weighted by Gasteiger charge is -2.43. The quantitative estimate of drug-likeness (QED) is 0.843. The molecular formula is C15H30ClN3O2S. The van der Waals surface area contributed by atoms with Gasteiger partial charge in [0.25, 0.3) is 10.2 Å². The van der Waals surface area contributed by atoms with Crippen LogP contribution in [-0.2, 0) is 10.2 Å². The lowest BCUT2D eigenvalue weighted by Crippen LogP contribution is -2.53. The van der Waals surface area contributed by atoms with Crippen molar-refractivity contribution in [3.05, 3.63) is 0 Å². The van der Waals surface area contributed by atoms with Crippen molar-refractivity contribution in [3.8, 4) is 0 Å². The third kappa shape index (κ3) is 3.78. The molecule has 2 saturated heterocycles. The van der Waals surface area contributed by atoms with Gasteiger partial charge in [0, 0.05) is 26.2 Å². The van der Waals surface area contributed by atoms with Crippen LogP contribution in [0.25, 0.3) is 0 Å². The molecule has 0 bridgehead atoms. The number of hydrogen-bond acceptors (Lipinski definition) is 3. The van der Waals surface area contributed by atoms with E-state index in [1.807, 2.05) is 0 Å². The second-order valence-electron chi connectivity index (χ2n) is 7.06. The van der Waals surface area contributed by atoms with Crippen LogP contribution < -0.4 is 5.73 Å².